The van der Waals surface area contributed by atoms with E-state index in [4.69, 9.17) is 0 Å². The van der Waals surface area contributed by atoms with Crippen molar-refractivity contribution in [2.24, 2.45) is 0 Å². The van der Waals surface area contributed by atoms with E-state index in [0.29, 0.717) is 6.04 Å². The van der Waals surface area contributed by atoms with Gasteiger partial charge >= 0.3 is 0 Å². The van der Waals surface area contributed by atoms with Crippen molar-refractivity contribution in [3.05, 3.63) is 0 Å². The van der Waals surface area contributed by atoms with Crippen molar-refractivity contribution >= 4 is 0 Å². The van der Waals surface area contributed by atoms with Gasteiger partial charge in [-0.2, -0.15) is 5.01 Å². The van der Waals surface area contributed by atoms with E-state index in [1.165, 1.54) is 0 Å². The number of nitrogens with zero attached hydrogens (tertiary/aromatic N) is 1. The lowest BCUT2D eigenvalue weighted by molar-refractivity contribution is -0.790. The smallest absolute Gasteiger partial charge is 0.0827 e. The fraction of sp³-hybridized carbons (Fsp3) is 1.00. The molecule has 10 heavy (non-hydrogen) atoms. The first-order valence-corrected chi connectivity index (χ1v) is 3.60. The minimum atomic E-state index is 0. The van der Waals surface area contributed by atoms with Crippen molar-refractivity contribution in [3.8, 4) is 0 Å². The summed E-state index contributed by atoms with van der Waals surface area (Å²) in [7, 11) is 2.10. The predicted molar refractivity (Wildman–Crippen MR) is 36.9 cm³/mol. The first-order chi connectivity index (χ1) is 4.34. The topological polar surface area (TPSA) is 31.9 Å². The van der Waals surface area contributed by atoms with E-state index in [1.54, 1.807) is 0 Å². The van der Waals surface area contributed by atoms with Crippen molar-refractivity contribution in [1.82, 2.24) is 10.3 Å². The Morgan fingerprint density at radius 2 is 2.30 bits per heavy atom. The third-order valence-corrected chi connectivity index (χ3v) is 1.88. The van der Waals surface area contributed by atoms with E-state index in [-0.39, 0.29) is 24.0 Å². The summed E-state index contributed by atoms with van der Waals surface area (Å²) in [4.78, 5) is 0. The Morgan fingerprint density at radius 1 is 1.60 bits per heavy atom. The third kappa shape index (κ3) is 2.69. The lowest BCUT2D eigenvalue weighted by Gasteiger charge is -2.29. The number of nitrogens with one attached hydrogen (secondary N) is 1. The van der Waals surface area contributed by atoms with Crippen LogP contribution in [-0.4, -0.2) is 37.7 Å². The molecule has 0 aromatic carbocycles. The molecule has 1 rings (SSSR count). The van der Waals surface area contributed by atoms with Crippen molar-refractivity contribution in [3.63, 3.8) is 0 Å². The van der Waals surface area contributed by atoms with E-state index in [0.717, 1.165) is 19.6 Å². The third-order valence-electron chi connectivity index (χ3n) is 1.88. The summed E-state index contributed by atoms with van der Waals surface area (Å²) in [6.45, 7) is 5.67. The van der Waals surface area contributed by atoms with Crippen LogP contribution in [0.4, 0.5) is 0 Å². The molecule has 1 unspecified atom stereocenters. The van der Waals surface area contributed by atoms with Crippen LogP contribution in [0, 0.1) is 0 Å². The fourth-order valence-corrected chi connectivity index (χ4v) is 1.24. The molecule has 1 atom stereocenters. The Hall–Kier alpha value is 0.610. The number of hydrogen-bond acceptors (Lipinski definition) is 2. The molecule has 1 fully saturated rings. The van der Waals surface area contributed by atoms with Crippen LogP contribution in [-0.2, 0) is 0 Å². The summed E-state index contributed by atoms with van der Waals surface area (Å²) in [5.74, 6) is 0. The molecule has 4 heteroatoms. The number of halogens is 1. The lowest BCUT2D eigenvalue weighted by atomic mass is 10.2. The molecule has 0 aromatic rings. The highest BCUT2D eigenvalue weighted by Crippen LogP contribution is 1.92. The van der Waals surface area contributed by atoms with Gasteiger partial charge in [-0.25, -0.2) is 0 Å². The van der Waals surface area contributed by atoms with Crippen LogP contribution in [0.2, 0.25) is 0 Å². The van der Waals surface area contributed by atoms with Gasteiger partial charge in [0.05, 0.1) is 19.6 Å². The number of hydrogen-bond donors (Lipinski definition) is 2. The minimum absolute atomic E-state index is 0. The average molecular weight is 257 g/mol. The number of nitrogens with two attached hydrogens (primary N) is 1. The van der Waals surface area contributed by atoms with E-state index in [9.17, 15) is 0 Å². The number of quaternary nitrogens is 1. The molecule has 0 aromatic heterocycles. The predicted octanol–water partition coefficient (Wildman–Crippen LogP) is -4.61. The molecule has 0 radical (unpaired) electrons. The molecule has 0 bridgehead atoms. The summed E-state index contributed by atoms with van der Waals surface area (Å²) >= 11 is 0. The van der Waals surface area contributed by atoms with Crippen LogP contribution in [0.25, 0.3) is 0 Å². The molecule has 1 saturated heterocycles. The molecule has 1 heterocycles. The Balaban J connectivity index is 0.000000810. The summed E-state index contributed by atoms with van der Waals surface area (Å²) in [6.07, 6.45) is 0. The maximum Gasteiger partial charge on any atom is 0.0827 e. The molecule has 62 valence electrons. The van der Waals surface area contributed by atoms with Gasteiger partial charge in [-0.3, -0.25) is 5.43 Å². The van der Waals surface area contributed by atoms with Crippen molar-refractivity contribution in [2.75, 3.05) is 26.7 Å². The molecule has 1 aliphatic rings. The lowest BCUT2D eigenvalue weighted by Crippen LogP contribution is -3.00. The standard InChI is InChI=1S/C6H15N3.HI/c1-6-5-8-3-4-9(6)7-2;/h6-8H,3-5H2,1-2H3;1H. The van der Waals surface area contributed by atoms with Gasteiger partial charge in [0.15, 0.2) is 0 Å². The van der Waals surface area contributed by atoms with Crippen LogP contribution in [0.5, 0.6) is 0 Å². The monoisotopic (exact) mass is 257 g/mol. The Kier molecular flexibility index (Phi) is 5.61. The van der Waals surface area contributed by atoms with E-state index in [2.05, 4.69) is 29.7 Å². The first-order valence-electron chi connectivity index (χ1n) is 3.60. The van der Waals surface area contributed by atoms with Gasteiger partial charge in [-0.15, -0.1) is 0 Å². The molecular weight excluding hydrogens is 241 g/mol. The summed E-state index contributed by atoms with van der Waals surface area (Å²) in [6, 6.07) is 0.684. The second-order valence-corrected chi connectivity index (χ2v) is 2.55. The van der Waals surface area contributed by atoms with Gasteiger partial charge in [0.1, 0.15) is 0 Å². The fourth-order valence-electron chi connectivity index (χ4n) is 1.24. The zero-order valence-electron chi connectivity index (χ0n) is 6.60. The summed E-state index contributed by atoms with van der Waals surface area (Å²) in [5.41, 5.74) is 2.17. The Morgan fingerprint density at radius 3 is 2.70 bits per heavy atom. The SMILES string of the molecule is C[NH2+]N1CCNCC1C.[I-]. The molecule has 3 N–H and O–H groups in total. The van der Waals surface area contributed by atoms with Gasteiger partial charge in [-0.1, -0.05) is 0 Å². The van der Waals surface area contributed by atoms with Gasteiger partial charge in [-0.05, 0) is 6.92 Å². The van der Waals surface area contributed by atoms with Gasteiger partial charge in [0, 0.05) is 13.1 Å². The first kappa shape index (κ1) is 10.6. The van der Waals surface area contributed by atoms with E-state index >= 15 is 0 Å². The van der Waals surface area contributed by atoms with Crippen molar-refractivity contribution < 1.29 is 29.4 Å². The zero-order chi connectivity index (χ0) is 6.69. The minimum Gasteiger partial charge on any atom is -1.00 e. The van der Waals surface area contributed by atoms with Crippen LogP contribution in [0.1, 0.15) is 6.92 Å². The molecule has 1 aliphatic heterocycles. The second kappa shape index (κ2) is 5.29. The number of rotatable bonds is 1. The zero-order valence-corrected chi connectivity index (χ0v) is 8.76. The quantitative estimate of drug-likeness (QED) is 0.366. The summed E-state index contributed by atoms with van der Waals surface area (Å²) in [5, 5.41) is 5.71. The van der Waals surface area contributed by atoms with Crippen LogP contribution >= 0.6 is 0 Å². The Bertz CT molecular complexity index is 89.1. The highest BCUT2D eigenvalue weighted by Gasteiger charge is 2.18. The Labute approximate surface area is 79.5 Å². The second-order valence-electron chi connectivity index (χ2n) is 2.55. The van der Waals surface area contributed by atoms with Gasteiger partial charge in [0.25, 0.3) is 0 Å². The number of piperazine rings is 1. The largest absolute Gasteiger partial charge is 1.00 e. The molecule has 0 amide bonds. The molecule has 0 spiro atoms. The van der Waals surface area contributed by atoms with Gasteiger partial charge in [0.2, 0.25) is 0 Å². The van der Waals surface area contributed by atoms with Crippen molar-refractivity contribution in [1.29, 1.82) is 0 Å². The molecule has 0 saturated carbocycles. The van der Waals surface area contributed by atoms with Crippen LogP contribution in [0.3, 0.4) is 0 Å². The van der Waals surface area contributed by atoms with E-state index < -0.39 is 0 Å². The molecule has 0 aliphatic carbocycles. The van der Waals surface area contributed by atoms with E-state index in [1.807, 2.05) is 0 Å². The summed E-state index contributed by atoms with van der Waals surface area (Å²) < 4.78 is 0. The molecule has 3 nitrogen and oxygen atoms in total. The average Bonchev–Trinajstić information content (AvgIpc) is 1.89. The highest BCUT2D eigenvalue weighted by atomic mass is 127. The highest BCUT2D eigenvalue weighted by molar-refractivity contribution is 4.68. The molecular formula is C6H16IN3. The maximum atomic E-state index is 3.34. The van der Waals surface area contributed by atoms with Crippen LogP contribution < -0.4 is 34.7 Å². The normalized spacial score (nSPS) is 27.6. The van der Waals surface area contributed by atoms with Crippen molar-refractivity contribution in [2.45, 2.75) is 13.0 Å². The maximum absolute atomic E-state index is 3.34. The van der Waals surface area contributed by atoms with Gasteiger partial charge < -0.3 is 29.3 Å². The van der Waals surface area contributed by atoms with Crippen LogP contribution in [0.15, 0.2) is 0 Å².